The highest BCUT2D eigenvalue weighted by molar-refractivity contribution is 6.03. The number of guanidine groups is 1. The summed E-state index contributed by atoms with van der Waals surface area (Å²) in [6.07, 6.45) is 0.887. The number of nitrogens with two attached hydrogens (primary N) is 1. The summed E-state index contributed by atoms with van der Waals surface area (Å²) in [5, 5.41) is 2.55. The maximum Gasteiger partial charge on any atom is 0.274 e. The Kier molecular flexibility index (Phi) is 4.61. The van der Waals surface area contributed by atoms with Gasteiger partial charge in [-0.1, -0.05) is 0 Å². The molecule has 0 aliphatic carbocycles. The number of aliphatic imine (C=N–C) groups is 1. The Morgan fingerprint density at radius 3 is 2.73 bits per heavy atom. The van der Waals surface area contributed by atoms with Gasteiger partial charge in [-0.3, -0.25) is 14.5 Å². The van der Waals surface area contributed by atoms with Crippen LogP contribution in [0.3, 0.4) is 0 Å². The molecule has 0 bridgehead atoms. The number of halogens is 2. The predicted molar refractivity (Wildman–Crippen MR) is 90.3 cm³/mol. The van der Waals surface area contributed by atoms with E-state index in [0.717, 1.165) is 18.3 Å². The first-order valence-corrected chi connectivity index (χ1v) is 7.67. The van der Waals surface area contributed by atoms with Crippen molar-refractivity contribution in [1.82, 2.24) is 9.88 Å². The summed E-state index contributed by atoms with van der Waals surface area (Å²) in [7, 11) is 1.49. The molecule has 1 aliphatic rings. The van der Waals surface area contributed by atoms with Crippen molar-refractivity contribution in [2.24, 2.45) is 10.7 Å². The average molecular weight is 359 g/mol. The summed E-state index contributed by atoms with van der Waals surface area (Å²) in [5.74, 6) is -2.00. The van der Waals surface area contributed by atoms with Crippen molar-refractivity contribution in [3.8, 4) is 0 Å². The lowest BCUT2D eigenvalue weighted by atomic mass is 10.0. The van der Waals surface area contributed by atoms with Gasteiger partial charge in [0.2, 0.25) is 5.91 Å². The van der Waals surface area contributed by atoms with Gasteiger partial charge >= 0.3 is 0 Å². The first-order valence-electron chi connectivity index (χ1n) is 7.67. The molecule has 3 rings (SSSR count). The molecule has 3 N–H and O–H groups in total. The number of carbonyl (C=O) groups excluding carboxylic acids is 2. The van der Waals surface area contributed by atoms with E-state index in [1.54, 1.807) is 0 Å². The number of nitrogens with one attached hydrogen (secondary N) is 1. The third kappa shape index (κ3) is 3.51. The molecule has 26 heavy (non-hydrogen) atoms. The van der Waals surface area contributed by atoms with Gasteiger partial charge in [-0.2, -0.15) is 0 Å². The van der Waals surface area contributed by atoms with Gasteiger partial charge in [0.25, 0.3) is 5.91 Å². The Hall–Kier alpha value is -3.36. The van der Waals surface area contributed by atoms with E-state index < -0.39 is 23.6 Å². The first kappa shape index (κ1) is 17.5. The number of carbonyl (C=O) groups is 2. The van der Waals surface area contributed by atoms with Crippen molar-refractivity contribution < 1.29 is 18.4 Å². The number of hydrogen-bond donors (Lipinski definition) is 2. The number of pyridine rings is 1. The standard InChI is InChI=1S/C17H15F2N5O2/c1-24-15(25)7-14(23-17(24)20)11-6-10(3-4-12(11)19)22-16(26)13-5-2-9(18)8-21-13/h2-6,8,14H,7H2,1H3,(H2,20,23)(H,22,26)/t14-/m0/s1. The van der Waals surface area contributed by atoms with Gasteiger partial charge in [-0.05, 0) is 30.3 Å². The zero-order valence-electron chi connectivity index (χ0n) is 13.7. The second kappa shape index (κ2) is 6.87. The molecule has 1 aromatic heterocycles. The molecule has 0 saturated carbocycles. The summed E-state index contributed by atoms with van der Waals surface area (Å²) in [6, 6.07) is 5.48. The third-order valence-electron chi connectivity index (χ3n) is 3.95. The van der Waals surface area contributed by atoms with Crippen LogP contribution in [0.15, 0.2) is 41.5 Å². The zero-order chi connectivity index (χ0) is 18.8. The summed E-state index contributed by atoms with van der Waals surface area (Å²) in [6.45, 7) is 0. The van der Waals surface area contributed by atoms with Crippen LogP contribution in [0.2, 0.25) is 0 Å². The minimum Gasteiger partial charge on any atom is -0.369 e. The monoisotopic (exact) mass is 359 g/mol. The van der Waals surface area contributed by atoms with Crippen molar-refractivity contribution >= 4 is 23.5 Å². The summed E-state index contributed by atoms with van der Waals surface area (Å²) < 4.78 is 27.1. The van der Waals surface area contributed by atoms with Crippen LogP contribution in [0.25, 0.3) is 0 Å². The molecule has 1 aliphatic heterocycles. The van der Waals surface area contributed by atoms with Crippen LogP contribution in [0.4, 0.5) is 14.5 Å². The van der Waals surface area contributed by atoms with Crippen LogP contribution in [0.1, 0.15) is 28.5 Å². The topological polar surface area (TPSA) is 101 Å². The zero-order valence-corrected chi connectivity index (χ0v) is 13.7. The molecule has 1 aromatic carbocycles. The van der Waals surface area contributed by atoms with E-state index in [-0.39, 0.29) is 35.2 Å². The summed E-state index contributed by atoms with van der Waals surface area (Å²) >= 11 is 0. The molecular formula is C17H15F2N5O2. The molecule has 134 valence electrons. The van der Waals surface area contributed by atoms with Crippen molar-refractivity contribution in [2.75, 3.05) is 12.4 Å². The lowest BCUT2D eigenvalue weighted by Crippen LogP contribution is -2.42. The fourth-order valence-electron chi connectivity index (χ4n) is 2.48. The Labute approximate surface area is 147 Å². The number of amides is 2. The smallest absolute Gasteiger partial charge is 0.274 e. The van der Waals surface area contributed by atoms with Gasteiger partial charge in [0.15, 0.2) is 5.96 Å². The highest BCUT2D eigenvalue weighted by Crippen LogP contribution is 2.29. The maximum absolute atomic E-state index is 14.2. The van der Waals surface area contributed by atoms with Gasteiger partial charge in [0.05, 0.1) is 18.7 Å². The van der Waals surface area contributed by atoms with Crippen LogP contribution >= 0.6 is 0 Å². The van der Waals surface area contributed by atoms with Gasteiger partial charge in [-0.25, -0.2) is 18.8 Å². The number of hydrogen-bond acceptors (Lipinski definition) is 5. The minimum absolute atomic E-state index is 0.00407. The van der Waals surface area contributed by atoms with E-state index >= 15 is 0 Å². The van der Waals surface area contributed by atoms with E-state index in [9.17, 15) is 18.4 Å². The number of nitrogens with zero attached hydrogens (tertiary/aromatic N) is 3. The fourth-order valence-corrected chi connectivity index (χ4v) is 2.48. The van der Waals surface area contributed by atoms with Gasteiger partial charge in [-0.15, -0.1) is 0 Å². The van der Waals surface area contributed by atoms with Crippen molar-refractivity contribution in [1.29, 1.82) is 0 Å². The van der Waals surface area contributed by atoms with Gasteiger partial charge in [0, 0.05) is 18.3 Å². The second-order valence-electron chi connectivity index (χ2n) is 5.71. The maximum atomic E-state index is 14.2. The SMILES string of the molecule is CN1C(=O)C[C@@H](c2cc(NC(=O)c3ccc(F)cn3)ccc2F)N=C1N. The number of aromatic nitrogens is 1. The fraction of sp³-hybridized carbons (Fsp3) is 0.176. The Morgan fingerprint density at radius 1 is 1.31 bits per heavy atom. The van der Waals surface area contributed by atoms with E-state index in [4.69, 9.17) is 5.73 Å². The Balaban J connectivity index is 1.85. The van der Waals surface area contributed by atoms with Crippen molar-refractivity contribution in [3.05, 3.63) is 59.4 Å². The quantitative estimate of drug-likeness (QED) is 0.873. The molecule has 2 aromatic rings. The van der Waals surface area contributed by atoms with Crippen molar-refractivity contribution in [2.45, 2.75) is 12.5 Å². The van der Waals surface area contributed by atoms with E-state index in [1.165, 1.54) is 30.1 Å². The summed E-state index contributed by atoms with van der Waals surface area (Å²) in [4.78, 5) is 33.1. The van der Waals surface area contributed by atoms with Crippen LogP contribution in [0.5, 0.6) is 0 Å². The predicted octanol–water partition coefficient (Wildman–Crippen LogP) is 1.83. The molecule has 7 nitrogen and oxygen atoms in total. The number of anilines is 1. The Morgan fingerprint density at radius 2 is 2.08 bits per heavy atom. The normalized spacial score (nSPS) is 17.0. The number of benzene rings is 1. The van der Waals surface area contributed by atoms with Crippen molar-refractivity contribution in [3.63, 3.8) is 0 Å². The van der Waals surface area contributed by atoms with Gasteiger partial charge < -0.3 is 11.1 Å². The largest absolute Gasteiger partial charge is 0.369 e. The molecule has 0 fully saturated rings. The molecule has 9 heteroatoms. The number of rotatable bonds is 3. The average Bonchev–Trinajstić information content (AvgIpc) is 2.61. The lowest BCUT2D eigenvalue weighted by molar-refractivity contribution is -0.127. The molecule has 0 unspecified atom stereocenters. The van der Waals surface area contributed by atoms with E-state index in [1.807, 2.05) is 0 Å². The highest BCUT2D eigenvalue weighted by Gasteiger charge is 2.27. The summed E-state index contributed by atoms with van der Waals surface area (Å²) in [5.41, 5.74) is 6.11. The molecular weight excluding hydrogens is 344 g/mol. The molecule has 0 saturated heterocycles. The van der Waals surface area contributed by atoms with Crippen LogP contribution < -0.4 is 11.1 Å². The molecule has 0 spiro atoms. The molecule has 1 atom stereocenters. The molecule has 2 heterocycles. The second-order valence-corrected chi connectivity index (χ2v) is 5.71. The third-order valence-corrected chi connectivity index (χ3v) is 3.95. The Bertz CT molecular complexity index is 899. The molecule has 0 radical (unpaired) electrons. The molecule has 2 amide bonds. The first-order chi connectivity index (χ1) is 12.3. The van der Waals surface area contributed by atoms with E-state index in [2.05, 4.69) is 15.3 Å². The van der Waals surface area contributed by atoms with Crippen LogP contribution in [0, 0.1) is 11.6 Å². The van der Waals surface area contributed by atoms with Gasteiger partial charge in [0.1, 0.15) is 17.3 Å². The van der Waals surface area contributed by atoms with E-state index in [0.29, 0.717) is 0 Å². The minimum atomic E-state index is -0.778. The lowest BCUT2D eigenvalue weighted by Gasteiger charge is -2.26. The van der Waals surface area contributed by atoms with Crippen LogP contribution in [-0.4, -0.2) is 34.7 Å². The van der Waals surface area contributed by atoms with Crippen LogP contribution in [-0.2, 0) is 4.79 Å². The highest BCUT2D eigenvalue weighted by atomic mass is 19.1.